The number of hydrogen-bond donors (Lipinski definition) is 1. The average molecular weight is 331 g/mol. The third kappa shape index (κ3) is 3.24. The molecule has 1 N–H and O–H groups in total. The first-order chi connectivity index (χ1) is 11.4. The highest BCUT2D eigenvalue weighted by Crippen LogP contribution is 2.29. The van der Waals surface area contributed by atoms with Crippen LogP contribution in [0, 0.1) is 0 Å². The van der Waals surface area contributed by atoms with Crippen LogP contribution in [0.3, 0.4) is 0 Å². The van der Waals surface area contributed by atoms with Crippen LogP contribution in [-0.2, 0) is 11.3 Å². The number of nitrogens with zero attached hydrogens (tertiary/aromatic N) is 2. The number of ether oxygens (including phenoxy) is 1. The zero-order valence-corrected chi connectivity index (χ0v) is 14.5. The molecule has 6 nitrogen and oxygen atoms in total. The second-order valence-corrected chi connectivity index (χ2v) is 6.94. The van der Waals surface area contributed by atoms with Crippen molar-refractivity contribution >= 4 is 12.0 Å². The quantitative estimate of drug-likeness (QED) is 0.894. The molecule has 24 heavy (non-hydrogen) atoms. The average Bonchev–Trinajstić information content (AvgIpc) is 2.93. The maximum atomic E-state index is 12.5. The molecule has 130 valence electrons. The molecule has 0 saturated carbocycles. The van der Waals surface area contributed by atoms with Gasteiger partial charge in [-0.3, -0.25) is 9.69 Å². The molecule has 1 aromatic rings. The molecule has 2 aliphatic rings. The first kappa shape index (κ1) is 16.8. The van der Waals surface area contributed by atoms with Crippen molar-refractivity contribution in [1.82, 2.24) is 15.1 Å². The van der Waals surface area contributed by atoms with Gasteiger partial charge in [0.2, 0.25) is 0 Å². The summed E-state index contributed by atoms with van der Waals surface area (Å²) in [6.45, 7) is 9.82. The van der Waals surface area contributed by atoms with E-state index in [1.807, 2.05) is 24.3 Å². The largest absolute Gasteiger partial charge is 0.437 e. The van der Waals surface area contributed by atoms with Crippen LogP contribution < -0.4 is 5.32 Å². The van der Waals surface area contributed by atoms with Gasteiger partial charge in [0.15, 0.2) is 5.60 Å². The Morgan fingerprint density at radius 1 is 1.33 bits per heavy atom. The molecular formula is C18H25N3O3. The second-order valence-electron chi connectivity index (χ2n) is 6.94. The molecule has 0 atom stereocenters. The number of carbonyl (C=O) groups excluding carboxylic acids is 2. The molecule has 6 heteroatoms. The van der Waals surface area contributed by atoms with Gasteiger partial charge < -0.3 is 15.0 Å². The summed E-state index contributed by atoms with van der Waals surface area (Å²) in [7, 11) is 0. The normalized spacial score (nSPS) is 18.7. The summed E-state index contributed by atoms with van der Waals surface area (Å²) in [4.78, 5) is 27.8. The van der Waals surface area contributed by atoms with Crippen LogP contribution in [0.5, 0.6) is 0 Å². The predicted molar refractivity (Wildman–Crippen MR) is 90.8 cm³/mol. The molecule has 0 radical (unpaired) electrons. The van der Waals surface area contributed by atoms with Crippen LogP contribution in [0.1, 0.15) is 36.7 Å². The van der Waals surface area contributed by atoms with Crippen molar-refractivity contribution in [3.63, 3.8) is 0 Å². The molecule has 1 aromatic carbocycles. The Morgan fingerprint density at radius 3 is 2.50 bits per heavy atom. The topological polar surface area (TPSA) is 61.9 Å². The molecule has 3 rings (SSSR count). The molecule has 0 unspecified atom stereocenters. The molecule has 2 amide bonds. The lowest BCUT2D eigenvalue weighted by atomic mass is 9.93. The number of alkyl carbamates (subject to hydrolysis) is 1. The van der Waals surface area contributed by atoms with Gasteiger partial charge in [-0.15, -0.1) is 0 Å². The van der Waals surface area contributed by atoms with E-state index in [1.165, 1.54) is 5.56 Å². The number of rotatable bonds is 5. The van der Waals surface area contributed by atoms with Gasteiger partial charge in [-0.1, -0.05) is 19.1 Å². The van der Waals surface area contributed by atoms with Crippen molar-refractivity contribution < 1.29 is 14.3 Å². The smallest absolute Gasteiger partial charge is 0.408 e. The molecule has 0 aromatic heterocycles. The number of benzene rings is 1. The number of nitrogens with one attached hydrogen (secondary N) is 1. The fourth-order valence-corrected chi connectivity index (χ4v) is 3.30. The first-order valence-corrected chi connectivity index (χ1v) is 8.51. The summed E-state index contributed by atoms with van der Waals surface area (Å²) < 4.78 is 5.25. The zero-order valence-electron chi connectivity index (χ0n) is 14.5. The Kier molecular flexibility index (Phi) is 4.49. The molecule has 2 saturated heterocycles. The summed E-state index contributed by atoms with van der Waals surface area (Å²) in [6.07, 6.45) is -0.392. The Labute approximate surface area is 142 Å². The van der Waals surface area contributed by atoms with E-state index in [2.05, 4.69) is 31.0 Å². The van der Waals surface area contributed by atoms with E-state index in [9.17, 15) is 9.59 Å². The van der Waals surface area contributed by atoms with Gasteiger partial charge in [-0.25, -0.2) is 4.79 Å². The Morgan fingerprint density at radius 2 is 2.00 bits per heavy atom. The van der Waals surface area contributed by atoms with Gasteiger partial charge in [0, 0.05) is 18.2 Å². The van der Waals surface area contributed by atoms with Crippen molar-refractivity contribution in [2.45, 2.75) is 39.0 Å². The molecular weight excluding hydrogens is 306 g/mol. The van der Waals surface area contributed by atoms with E-state index >= 15 is 0 Å². The highest BCUT2D eigenvalue weighted by Gasteiger charge is 2.52. The lowest BCUT2D eigenvalue weighted by Gasteiger charge is -2.45. The van der Waals surface area contributed by atoms with Gasteiger partial charge in [0.05, 0.1) is 19.6 Å². The van der Waals surface area contributed by atoms with E-state index in [0.29, 0.717) is 31.2 Å². The van der Waals surface area contributed by atoms with Gasteiger partial charge in [-0.05, 0) is 38.1 Å². The highest BCUT2D eigenvalue weighted by molar-refractivity contribution is 5.95. The lowest BCUT2D eigenvalue weighted by Crippen LogP contribution is -2.65. The maximum absolute atomic E-state index is 12.5. The van der Waals surface area contributed by atoms with Crippen LogP contribution >= 0.6 is 0 Å². The molecule has 2 fully saturated rings. The fraction of sp³-hybridized carbons (Fsp3) is 0.556. The summed E-state index contributed by atoms with van der Waals surface area (Å²) in [5.74, 6) is -0.00803. The first-order valence-electron chi connectivity index (χ1n) is 8.51. The van der Waals surface area contributed by atoms with Gasteiger partial charge in [-0.2, -0.15) is 0 Å². The standard InChI is InChI=1S/C18H25N3O3/c1-4-20(13(2)3)9-14-5-7-15(8-6-14)16(22)21-11-18(12-21)10-19-17(23)24-18/h5-8,13H,4,9-12H2,1-3H3,(H,19,23). The van der Waals surface area contributed by atoms with Crippen LogP contribution in [0.25, 0.3) is 0 Å². The van der Waals surface area contributed by atoms with Crippen LogP contribution in [0.2, 0.25) is 0 Å². The van der Waals surface area contributed by atoms with Crippen molar-refractivity contribution in [3.05, 3.63) is 35.4 Å². The summed E-state index contributed by atoms with van der Waals surface area (Å²) in [5.41, 5.74) is 1.38. The monoisotopic (exact) mass is 331 g/mol. The van der Waals surface area contributed by atoms with Crippen molar-refractivity contribution in [2.75, 3.05) is 26.2 Å². The highest BCUT2D eigenvalue weighted by atomic mass is 16.6. The molecule has 0 aliphatic carbocycles. The van der Waals surface area contributed by atoms with E-state index in [-0.39, 0.29) is 5.91 Å². The second kappa shape index (κ2) is 6.43. The summed E-state index contributed by atoms with van der Waals surface area (Å²) in [6, 6.07) is 8.30. The molecule has 1 spiro atoms. The van der Waals surface area contributed by atoms with Gasteiger partial charge in [0.1, 0.15) is 0 Å². The minimum absolute atomic E-state index is 0.00803. The molecule has 2 heterocycles. The molecule has 2 aliphatic heterocycles. The minimum atomic E-state index is -0.508. The van der Waals surface area contributed by atoms with Gasteiger partial charge in [0.25, 0.3) is 5.91 Å². The van der Waals surface area contributed by atoms with E-state index in [0.717, 1.165) is 13.1 Å². The van der Waals surface area contributed by atoms with E-state index < -0.39 is 11.7 Å². The summed E-state index contributed by atoms with van der Waals surface area (Å²) >= 11 is 0. The SMILES string of the molecule is CCN(Cc1ccc(C(=O)N2CC3(CNC(=O)O3)C2)cc1)C(C)C. The Bertz CT molecular complexity index is 621. The van der Waals surface area contributed by atoms with Gasteiger partial charge >= 0.3 is 6.09 Å². The van der Waals surface area contributed by atoms with Crippen LogP contribution in [-0.4, -0.2) is 59.6 Å². The number of likely N-dealkylation sites (tertiary alicyclic amines) is 1. The fourth-order valence-electron chi connectivity index (χ4n) is 3.30. The predicted octanol–water partition coefficient (Wildman–Crippen LogP) is 1.85. The van der Waals surface area contributed by atoms with Crippen molar-refractivity contribution in [3.8, 4) is 0 Å². The van der Waals surface area contributed by atoms with Crippen molar-refractivity contribution in [2.24, 2.45) is 0 Å². The minimum Gasteiger partial charge on any atom is -0.437 e. The summed E-state index contributed by atoms with van der Waals surface area (Å²) in [5, 5.41) is 2.65. The maximum Gasteiger partial charge on any atom is 0.408 e. The zero-order chi connectivity index (χ0) is 17.3. The van der Waals surface area contributed by atoms with E-state index in [1.54, 1.807) is 4.90 Å². The lowest BCUT2D eigenvalue weighted by molar-refractivity contribution is -0.0575. The third-order valence-electron chi connectivity index (χ3n) is 4.83. The van der Waals surface area contributed by atoms with E-state index in [4.69, 9.17) is 4.74 Å². The molecule has 0 bridgehead atoms. The number of carbonyl (C=O) groups is 2. The van der Waals surface area contributed by atoms with Crippen molar-refractivity contribution in [1.29, 1.82) is 0 Å². The Balaban J connectivity index is 1.58. The van der Waals surface area contributed by atoms with Crippen LogP contribution in [0.4, 0.5) is 4.79 Å². The third-order valence-corrected chi connectivity index (χ3v) is 4.83. The number of hydrogen-bond acceptors (Lipinski definition) is 4. The number of amides is 2. The van der Waals surface area contributed by atoms with Crippen LogP contribution in [0.15, 0.2) is 24.3 Å². The Hall–Kier alpha value is -2.08.